The van der Waals surface area contributed by atoms with Gasteiger partial charge < -0.3 is 24.0 Å². The predicted molar refractivity (Wildman–Crippen MR) is 135 cm³/mol. The van der Waals surface area contributed by atoms with E-state index in [1.807, 2.05) is 37.3 Å². The first-order valence-electron chi connectivity index (χ1n) is 11.9. The van der Waals surface area contributed by atoms with Crippen LogP contribution in [0.2, 0.25) is 0 Å². The monoisotopic (exact) mass is 488 g/mol. The Balaban J connectivity index is 1.41. The molecule has 1 atom stereocenters. The van der Waals surface area contributed by atoms with Crippen LogP contribution in [0, 0.1) is 0 Å². The average Bonchev–Trinajstić information content (AvgIpc) is 3.33. The number of amides is 1. The molecule has 9 heteroatoms. The Morgan fingerprint density at radius 2 is 1.97 bits per heavy atom. The van der Waals surface area contributed by atoms with E-state index in [0.29, 0.717) is 55.2 Å². The van der Waals surface area contributed by atoms with Crippen molar-refractivity contribution in [3.05, 3.63) is 98.1 Å². The van der Waals surface area contributed by atoms with Gasteiger partial charge in [0.25, 0.3) is 17.0 Å². The molecule has 0 bridgehead atoms. The van der Waals surface area contributed by atoms with E-state index in [-0.39, 0.29) is 28.8 Å². The van der Waals surface area contributed by atoms with E-state index in [1.54, 1.807) is 23.0 Å². The van der Waals surface area contributed by atoms with Gasteiger partial charge >= 0.3 is 0 Å². The van der Waals surface area contributed by atoms with Gasteiger partial charge in [0, 0.05) is 55.4 Å². The molecule has 0 unspecified atom stereocenters. The molecule has 36 heavy (non-hydrogen) atoms. The van der Waals surface area contributed by atoms with E-state index >= 15 is 0 Å². The second kappa shape index (κ2) is 9.87. The number of aromatic nitrogens is 2. The number of furan rings is 1. The SMILES string of the molecule is COc1cc(=O)n2c(c1C(=O)N[C@@H](C)c1ccco1)CCN(Cc1cc3ccccc3[nH]c1=O)CC2. The van der Waals surface area contributed by atoms with Crippen LogP contribution in [0.1, 0.15) is 40.3 Å². The van der Waals surface area contributed by atoms with Crippen LogP contribution in [-0.2, 0) is 19.5 Å². The number of benzene rings is 1. The third kappa shape index (κ3) is 4.57. The number of aromatic amines is 1. The summed E-state index contributed by atoms with van der Waals surface area (Å²) in [5.41, 5.74) is 2.09. The highest BCUT2D eigenvalue weighted by atomic mass is 16.5. The maximum Gasteiger partial charge on any atom is 0.257 e. The fraction of sp³-hybridized carbons (Fsp3) is 0.296. The smallest absolute Gasteiger partial charge is 0.257 e. The molecule has 4 heterocycles. The van der Waals surface area contributed by atoms with Gasteiger partial charge in [-0.05, 0) is 36.6 Å². The highest BCUT2D eigenvalue weighted by Gasteiger charge is 2.27. The second-order valence-electron chi connectivity index (χ2n) is 8.97. The molecule has 0 radical (unpaired) electrons. The van der Waals surface area contributed by atoms with E-state index in [9.17, 15) is 14.4 Å². The van der Waals surface area contributed by atoms with Gasteiger partial charge in [0.05, 0.1) is 19.4 Å². The number of ether oxygens (including phenoxy) is 1. The van der Waals surface area contributed by atoms with E-state index < -0.39 is 0 Å². The number of methoxy groups -OCH3 is 1. The number of H-pyrrole nitrogens is 1. The molecule has 5 rings (SSSR count). The van der Waals surface area contributed by atoms with Crippen LogP contribution in [-0.4, -0.2) is 40.6 Å². The average molecular weight is 489 g/mol. The van der Waals surface area contributed by atoms with Crippen molar-refractivity contribution < 1.29 is 13.9 Å². The summed E-state index contributed by atoms with van der Waals surface area (Å²) >= 11 is 0. The molecule has 0 aliphatic carbocycles. The van der Waals surface area contributed by atoms with Crippen molar-refractivity contribution in [3.8, 4) is 5.75 Å². The molecule has 9 nitrogen and oxygen atoms in total. The van der Waals surface area contributed by atoms with Gasteiger partial charge in [0.2, 0.25) is 0 Å². The molecule has 0 saturated heterocycles. The van der Waals surface area contributed by atoms with Crippen molar-refractivity contribution in [2.24, 2.45) is 0 Å². The Kier molecular flexibility index (Phi) is 6.47. The number of hydrogen-bond acceptors (Lipinski definition) is 6. The van der Waals surface area contributed by atoms with Crippen LogP contribution in [0.3, 0.4) is 0 Å². The van der Waals surface area contributed by atoms with E-state index in [2.05, 4.69) is 15.2 Å². The lowest BCUT2D eigenvalue weighted by Crippen LogP contribution is -2.32. The maximum atomic E-state index is 13.4. The third-order valence-corrected chi connectivity index (χ3v) is 6.67. The first-order chi connectivity index (χ1) is 17.4. The van der Waals surface area contributed by atoms with Gasteiger partial charge in [-0.3, -0.25) is 19.3 Å². The summed E-state index contributed by atoms with van der Waals surface area (Å²) in [7, 11) is 1.45. The van der Waals surface area contributed by atoms with Gasteiger partial charge in [-0.1, -0.05) is 18.2 Å². The minimum absolute atomic E-state index is 0.124. The zero-order valence-electron chi connectivity index (χ0n) is 20.2. The number of pyridine rings is 2. The Hall–Kier alpha value is -4.11. The van der Waals surface area contributed by atoms with E-state index in [4.69, 9.17) is 9.15 Å². The summed E-state index contributed by atoms with van der Waals surface area (Å²) in [4.78, 5) is 44.0. The molecule has 186 valence electrons. The molecular formula is C27H28N4O5. The van der Waals surface area contributed by atoms with Crippen molar-refractivity contribution in [1.29, 1.82) is 0 Å². The molecular weight excluding hydrogens is 460 g/mol. The Bertz CT molecular complexity index is 1520. The first-order valence-corrected chi connectivity index (χ1v) is 11.9. The molecule has 3 aromatic heterocycles. The van der Waals surface area contributed by atoms with Gasteiger partial charge in [0.15, 0.2) is 0 Å². The molecule has 4 aromatic rings. The third-order valence-electron chi connectivity index (χ3n) is 6.67. The highest BCUT2D eigenvalue weighted by molar-refractivity contribution is 5.98. The van der Waals surface area contributed by atoms with Crippen molar-refractivity contribution in [3.63, 3.8) is 0 Å². The second-order valence-corrected chi connectivity index (χ2v) is 8.97. The minimum atomic E-state index is -0.355. The van der Waals surface area contributed by atoms with Gasteiger partial charge in [-0.2, -0.15) is 0 Å². The van der Waals surface area contributed by atoms with Gasteiger partial charge in [-0.15, -0.1) is 0 Å². The summed E-state index contributed by atoms with van der Waals surface area (Å²) in [6, 6.07) is 14.1. The number of fused-ring (bicyclic) bond motifs is 2. The molecule has 0 saturated carbocycles. The molecule has 1 aliphatic rings. The zero-order chi connectivity index (χ0) is 25.2. The normalized spacial score (nSPS) is 14.7. The number of rotatable bonds is 6. The summed E-state index contributed by atoms with van der Waals surface area (Å²) in [5, 5.41) is 3.92. The first kappa shape index (κ1) is 23.6. The summed E-state index contributed by atoms with van der Waals surface area (Å²) < 4.78 is 12.5. The van der Waals surface area contributed by atoms with Crippen LogP contribution < -0.4 is 21.2 Å². The molecule has 0 spiro atoms. The lowest BCUT2D eigenvalue weighted by molar-refractivity contribution is 0.0930. The Morgan fingerprint density at radius 1 is 1.14 bits per heavy atom. The Labute approximate surface area is 207 Å². The predicted octanol–water partition coefficient (Wildman–Crippen LogP) is 2.84. The van der Waals surface area contributed by atoms with Gasteiger partial charge in [-0.25, -0.2) is 0 Å². The van der Waals surface area contributed by atoms with Crippen LogP contribution in [0.5, 0.6) is 5.75 Å². The van der Waals surface area contributed by atoms with Crippen molar-refractivity contribution in [2.45, 2.75) is 32.5 Å². The lowest BCUT2D eigenvalue weighted by atomic mass is 10.1. The fourth-order valence-electron chi connectivity index (χ4n) is 4.79. The molecule has 1 amide bonds. The standard InChI is InChI=1S/C27H28N4O5/c1-17(22-8-5-13-36-22)28-27(34)25-21-9-10-30(11-12-31(21)24(32)15-23(25)35-2)16-19-14-18-6-3-4-7-20(18)29-26(19)33/h3-8,13-15,17H,9-12,16H2,1-2H3,(H,28,34)(H,29,33)/t17-/m0/s1. The number of nitrogens with one attached hydrogen (secondary N) is 2. The number of carbonyl (C=O) groups excluding carboxylic acids is 1. The molecule has 0 fully saturated rings. The van der Waals surface area contributed by atoms with E-state index in [0.717, 1.165) is 10.9 Å². The van der Waals surface area contributed by atoms with Crippen LogP contribution in [0.25, 0.3) is 10.9 Å². The number of carbonyl (C=O) groups is 1. The molecule has 1 aromatic carbocycles. The Morgan fingerprint density at radius 3 is 2.75 bits per heavy atom. The minimum Gasteiger partial charge on any atom is -0.496 e. The topological polar surface area (TPSA) is 110 Å². The van der Waals surface area contributed by atoms with Crippen LogP contribution in [0.15, 0.2) is 68.8 Å². The van der Waals surface area contributed by atoms with Crippen LogP contribution >= 0.6 is 0 Å². The summed E-state index contributed by atoms with van der Waals surface area (Å²) in [6.07, 6.45) is 2.01. The van der Waals surface area contributed by atoms with Crippen molar-refractivity contribution in [1.82, 2.24) is 19.8 Å². The fourth-order valence-corrected chi connectivity index (χ4v) is 4.79. The summed E-state index contributed by atoms with van der Waals surface area (Å²) in [5.74, 6) is 0.544. The number of hydrogen-bond donors (Lipinski definition) is 2. The number of nitrogens with zero attached hydrogens (tertiary/aromatic N) is 2. The van der Waals surface area contributed by atoms with Crippen LogP contribution in [0.4, 0.5) is 0 Å². The maximum absolute atomic E-state index is 13.4. The van der Waals surface area contributed by atoms with E-state index in [1.165, 1.54) is 13.2 Å². The van der Waals surface area contributed by atoms with Gasteiger partial charge in [0.1, 0.15) is 17.1 Å². The molecule has 1 aliphatic heterocycles. The largest absolute Gasteiger partial charge is 0.496 e. The summed E-state index contributed by atoms with van der Waals surface area (Å²) in [6.45, 7) is 3.82. The number of para-hydroxylation sites is 1. The highest BCUT2D eigenvalue weighted by Crippen LogP contribution is 2.24. The molecule has 2 N–H and O–H groups in total. The van der Waals surface area contributed by atoms with Crippen molar-refractivity contribution >= 4 is 16.8 Å². The zero-order valence-corrected chi connectivity index (χ0v) is 20.2. The quantitative estimate of drug-likeness (QED) is 0.432. The lowest BCUT2D eigenvalue weighted by Gasteiger charge is -2.19. The van der Waals surface area contributed by atoms with Crippen molar-refractivity contribution in [2.75, 3.05) is 20.2 Å².